The smallest absolute Gasteiger partial charge is 0.330 e. The number of ether oxygens (including phenoxy) is 1. The molecule has 13 heteroatoms. The van der Waals surface area contributed by atoms with Crippen LogP contribution in [0.4, 0.5) is 16.3 Å². The third-order valence-corrected chi connectivity index (χ3v) is 8.99. The predicted molar refractivity (Wildman–Crippen MR) is 167 cm³/mol. The highest BCUT2D eigenvalue weighted by Crippen LogP contribution is 2.24. The van der Waals surface area contributed by atoms with E-state index in [0.29, 0.717) is 31.9 Å². The predicted octanol–water partition coefficient (Wildman–Crippen LogP) is 0.538. The molecule has 2 aliphatic heterocycles. The Morgan fingerprint density at radius 1 is 1.04 bits per heavy atom. The Balaban J connectivity index is 1.15. The van der Waals surface area contributed by atoms with E-state index < -0.39 is 12.0 Å². The molecule has 2 saturated heterocycles. The Morgan fingerprint density at radius 2 is 1.80 bits per heavy atom. The summed E-state index contributed by atoms with van der Waals surface area (Å²) in [4.78, 5) is 53.2. The molecule has 1 amide bonds. The van der Waals surface area contributed by atoms with E-state index >= 15 is 0 Å². The highest BCUT2D eigenvalue weighted by atomic mass is 19.1. The van der Waals surface area contributed by atoms with Gasteiger partial charge in [-0.2, -0.15) is 0 Å². The molecule has 2 N–H and O–H groups in total. The zero-order chi connectivity index (χ0) is 31.5. The van der Waals surface area contributed by atoms with Gasteiger partial charge in [0.05, 0.1) is 23.8 Å². The lowest BCUT2D eigenvalue weighted by atomic mass is 10.0. The monoisotopic (exact) mass is 618 g/mol. The van der Waals surface area contributed by atoms with Gasteiger partial charge in [0.1, 0.15) is 11.9 Å². The fourth-order valence-corrected chi connectivity index (χ4v) is 6.54. The fourth-order valence-electron chi connectivity index (χ4n) is 6.54. The minimum absolute atomic E-state index is 0.0817. The number of halogens is 1. The zero-order valence-electron chi connectivity index (χ0n) is 25.5. The van der Waals surface area contributed by atoms with Crippen molar-refractivity contribution in [1.29, 1.82) is 0 Å². The number of fused-ring (bicyclic) bond motifs is 1. The summed E-state index contributed by atoms with van der Waals surface area (Å²) in [6.07, 6.45) is 10.6. The van der Waals surface area contributed by atoms with Gasteiger partial charge >= 0.3 is 5.97 Å². The van der Waals surface area contributed by atoms with Gasteiger partial charge in [0.25, 0.3) is 5.56 Å². The van der Waals surface area contributed by atoms with Gasteiger partial charge in [0, 0.05) is 45.0 Å². The van der Waals surface area contributed by atoms with Crippen molar-refractivity contribution in [2.75, 3.05) is 43.0 Å². The number of benzene rings is 1. The number of carbonyl (C=O) groups excluding carboxylic acids is 2. The lowest BCUT2D eigenvalue weighted by molar-refractivity contribution is -0.156. The molecule has 1 unspecified atom stereocenters. The highest BCUT2D eigenvalue weighted by Gasteiger charge is 2.35. The maximum absolute atomic E-state index is 13.6. The molecule has 0 saturated carbocycles. The van der Waals surface area contributed by atoms with Crippen LogP contribution in [0.1, 0.15) is 44.1 Å². The van der Waals surface area contributed by atoms with Crippen molar-refractivity contribution in [3.8, 4) is 0 Å². The van der Waals surface area contributed by atoms with Gasteiger partial charge in [-0.15, -0.1) is 0 Å². The molecular weight excluding hydrogens is 579 g/mol. The number of nitrogens with zero attached hydrogens (tertiary/aromatic N) is 7. The SMILES string of the molecule is CN(c1nccc(=O)n1COC(=O)C1CCCN1C(=O)CN)C1CCN(c2nc3c(n2Cc2ccc(F)cc2)=CCCC=3)CC1. The van der Waals surface area contributed by atoms with Crippen LogP contribution in [0.25, 0.3) is 12.2 Å². The van der Waals surface area contributed by atoms with Crippen molar-refractivity contribution in [1.82, 2.24) is 24.0 Å². The van der Waals surface area contributed by atoms with E-state index in [9.17, 15) is 18.8 Å². The normalized spacial score (nSPS) is 18.2. The largest absolute Gasteiger partial charge is 0.442 e. The fraction of sp³-hybridized carbons (Fsp3) is 0.469. The van der Waals surface area contributed by atoms with E-state index in [1.54, 1.807) is 0 Å². The summed E-state index contributed by atoms with van der Waals surface area (Å²) in [5, 5.41) is 2.08. The van der Waals surface area contributed by atoms with Crippen molar-refractivity contribution >= 4 is 35.9 Å². The number of piperidine rings is 1. The summed E-state index contributed by atoms with van der Waals surface area (Å²) < 4.78 is 22.7. The quantitative estimate of drug-likeness (QED) is 0.342. The number of carbonyl (C=O) groups is 2. The standard InChI is InChI=1S/C32H39FN8O4/c1-37(31-35-15-12-28(42)41(31)21-45-30(44)27-7-4-16-39(27)29(43)19-34)24-13-17-38(18-14-24)32-36-25-5-2-3-6-26(25)40(32)20-22-8-10-23(33)11-9-22/h5-6,8-12,15,24,27H,2-4,7,13-14,16-21,34H2,1H3. The van der Waals surface area contributed by atoms with Crippen molar-refractivity contribution in [3.63, 3.8) is 0 Å². The van der Waals surface area contributed by atoms with Gasteiger partial charge < -0.3 is 29.7 Å². The minimum Gasteiger partial charge on any atom is -0.442 e. The molecular formula is C32H39FN8O4. The lowest BCUT2D eigenvalue weighted by Gasteiger charge is -2.38. The van der Waals surface area contributed by atoms with E-state index in [1.807, 2.05) is 24.1 Å². The number of likely N-dealkylation sites (tertiary alicyclic amines) is 1. The van der Waals surface area contributed by atoms with Crippen molar-refractivity contribution in [3.05, 3.63) is 69.0 Å². The molecule has 1 aromatic carbocycles. The number of anilines is 2. The van der Waals surface area contributed by atoms with Gasteiger partial charge in [0.2, 0.25) is 17.8 Å². The molecule has 12 nitrogen and oxygen atoms in total. The molecule has 4 heterocycles. The second-order valence-corrected chi connectivity index (χ2v) is 11.8. The second kappa shape index (κ2) is 13.2. The summed E-state index contributed by atoms with van der Waals surface area (Å²) in [6.45, 7) is 2.07. The Hall–Kier alpha value is -4.52. The Morgan fingerprint density at radius 3 is 2.56 bits per heavy atom. The number of imidazole rings is 1. The summed E-state index contributed by atoms with van der Waals surface area (Å²) in [5.41, 5.74) is 6.18. The van der Waals surface area contributed by atoms with Crippen molar-refractivity contribution in [2.45, 2.75) is 63.9 Å². The van der Waals surface area contributed by atoms with Crippen molar-refractivity contribution < 1.29 is 18.7 Å². The van der Waals surface area contributed by atoms with E-state index in [-0.39, 0.29) is 36.6 Å². The van der Waals surface area contributed by atoms with Gasteiger partial charge in [-0.25, -0.2) is 23.7 Å². The number of nitrogens with two attached hydrogens (primary N) is 1. The van der Waals surface area contributed by atoms with Gasteiger partial charge in [-0.1, -0.05) is 24.3 Å². The topological polar surface area (TPSA) is 132 Å². The second-order valence-electron chi connectivity index (χ2n) is 11.8. The van der Waals surface area contributed by atoms with Crippen LogP contribution < -0.4 is 31.8 Å². The molecule has 2 fully saturated rings. The Kier molecular flexibility index (Phi) is 8.97. The Labute approximate surface area is 260 Å². The molecule has 45 heavy (non-hydrogen) atoms. The first-order valence-corrected chi connectivity index (χ1v) is 15.5. The number of amides is 1. The average Bonchev–Trinajstić information content (AvgIpc) is 3.70. The van der Waals surface area contributed by atoms with Crippen molar-refractivity contribution in [2.24, 2.45) is 5.73 Å². The van der Waals surface area contributed by atoms with E-state index in [1.165, 1.54) is 33.9 Å². The summed E-state index contributed by atoms with van der Waals surface area (Å²) in [6, 6.07) is 7.32. The number of hydrogen-bond acceptors (Lipinski definition) is 9. The summed E-state index contributed by atoms with van der Waals surface area (Å²) in [7, 11) is 1.90. The number of aromatic nitrogens is 4. The van der Waals surface area contributed by atoms with Crippen LogP contribution in [0.5, 0.6) is 0 Å². The van der Waals surface area contributed by atoms with Gasteiger partial charge in [-0.3, -0.25) is 9.59 Å². The molecule has 1 atom stereocenters. The van der Waals surface area contributed by atoms with E-state index in [0.717, 1.165) is 61.0 Å². The van der Waals surface area contributed by atoms with Crippen LogP contribution in [-0.2, 0) is 27.6 Å². The number of esters is 1. The molecule has 1 aliphatic carbocycles. The molecule has 238 valence electrons. The number of hydrogen-bond donors (Lipinski definition) is 1. The van der Waals surface area contributed by atoms with Crippen LogP contribution in [0, 0.1) is 5.82 Å². The first-order chi connectivity index (χ1) is 21.8. The third-order valence-electron chi connectivity index (χ3n) is 8.99. The first-order valence-electron chi connectivity index (χ1n) is 15.5. The van der Waals surface area contributed by atoms with Crippen LogP contribution >= 0.6 is 0 Å². The molecule has 2 aromatic heterocycles. The highest BCUT2D eigenvalue weighted by molar-refractivity contribution is 5.86. The molecule has 0 spiro atoms. The van der Waals surface area contributed by atoms with E-state index in [4.69, 9.17) is 15.5 Å². The van der Waals surface area contributed by atoms with Crippen LogP contribution in [0.3, 0.4) is 0 Å². The van der Waals surface area contributed by atoms with Crippen LogP contribution in [0.15, 0.2) is 41.3 Å². The number of rotatable bonds is 9. The third kappa shape index (κ3) is 6.35. The first kappa shape index (κ1) is 30.5. The maximum Gasteiger partial charge on any atom is 0.330 e. The van der Waals surface area contributed by atoms with Gasteiger partial charge in [0.15, 0.2) is 6.73 Å². The molecule has 0 radical (unpaired) electrons. The molecule has 6 rings (SSSR count). The van der Waals surface area contributed by atoms with Crippen LogP contribution in [0.2, 0.25) is 0 Å². The van der Waals surface area contributed by atoms with Crippen LogP contribution in [-0.4, -0.2) is 81.2 Å². The summed E-state index contributed by atoms with van der Waals surface area (Å²) in [5.74, 6) is 0.200. The average molecular weight is 619 g/mol. The Bertz CT molecular complexity index is 1730. The zero-order valence-corrected chi connectivity index (χ0v) is 25.5. The molecule has 0 bridgehead atoms. The molecule has 3 aliphatic rings. The summed E-state index contributed by atoms with van der Waals surface area (Å²) >= 11 is 0. The van der Waals surface area contributed by atoms with E-state index in [2.05, 4.69) is 26.6 Å². The maximum atomic E-state index is 13.6. The lowest BCUT2D eigenvalue weighted by Crippen LogP contribution is -2.46. The van der Waals surface area contributed by atoms with Gasteiger partial charge in [-0.05, 0) is 56.2 Å². The molecule has 3 aromatic rings. The minimum atomic E-state index is -0.699.